The number of para-hydroxylation sites is 2. The van der Waals surface area contributed by atoms with Crippen LogP contribution in [-0.2, 0) is 11.2 Å². The monoisotopic (exact) mass is 467 g/mol. The van der Waals surface area contributed by atoms with Gasteiger partial charge in [-0.15, -0.1) is 11.3 Å². The van der Waals surface area contributed by atoms with E-state index in [4.69, 9.17) is 8.94 Å². The summed E-state index contributed by atoms with van der Waals surface area (Å²) >= 11 is 1.59. The first-order chi connectivity index (χ1) is 16.1. The molecule has 0 radical (unpaired) electrons. The van der Waals surface area contributed by atoms with E-state index < -0.39 is 11.8 Å². The van der Waals surface area contributed by atoms with Gasteiger partial charge in [-0.25, -0.2) is 4.79 Å². The number of oxazole rings is 1. The third kappa shape index (κ3) is 4.49. The number of carbonyl (C=O) groups is 1. The minimum absolute atomic E-state index is 0.0599. The Morgan fingerprint density at radius 2 is 1.97 bits per heavy atom. The van der Waals surface area contributed by atoms with Crippen LogP contribution in [0.4, 0.5) is 0 Å². The summed E-state index contributed by atoms with van der Waals surface area (Å²) in [5, 5.41) is 6.04. The molecule has 172 valence electrons. The zero-order valence-electron chi connectivity index (χ0n) is 18.3. The molecule has 10 heteroatoms. The van der Waals surface area contributed by atoms with E-state index in [0.717, 1.165) is 37.4 Å². The zero-order chi connectivity index (χ0) is 22.8. The Kier molecular flexibility index (Phi) is 6.10. The summed E-state index contributed by atoms with van der Waals surface area (Å²) in [6.45, 7) is 5.52. The Balaban J connectivity index is 1.11. The molecule has 1 atom stereocenters. The van der Waals surface area contributed by atoms with Crippen LogP contribution < -0.4 is 5.76 Å². The molecule has 9 nitrogen and oxygen atoms in total. The van der Waals surface area contributed by atoms with Crippen molar-refractivity contribution in [2.75, 3.05) is 32.7 Å². The van der Waals surface area contributed by atoms with E-state index in [-0.39, 0.29) is 5.91 Å². The van der Waals surface area contributed by atoms with Gasteiger partial charge in [0.1, 0.15) is 6.04 Å². The Morgan fingerprint density at radius 1 is 1.15 bits per heavy atom. The molecular weight excluding hydrogens is 442 g/mol. The minimum atomic E-state index is -0.609. The molecular formula is C23H25N5O4S. The number of hydrogen-bond acceptors (Lipinski definition) is 8. The molecule has 0 bridgehead atoms. The number of rotatable bonds is 7. The van der Waals surface area contributed by atoms with E-state index in [1.807, 2.05) is 34.5 Å². The summed E-state index contributed by atoms with van der Waals surface area (Å²) in [4.78, 5) is 35.0. The highest BCUT2D eigenvalue weighted by Gasteiger charge is 2.28. The van der Waals surface area contributed by atoms with Crippen LogP contribution in [0.3, 0.4) is 0 Å². The number of carbonyl (C=O) groups excluding carboxylic acids is 1. The van der Waals surface area contributed by atoms with E-state index in [9.17, 15) is 9.59 Å². The third-order valence-corrected chi connectivity index (χ3v) is 6.89. The molecule has 3 aromatic heterocycles. The van der Waals surface area contributed by atoms with E-state index in [1.54, 1.807) is 30.4 Å². The lowest BCUT2D eigenvalue weighted by Crippen LogP contribution is -2.50. The van der Waals surface area contributed by atoms with Gasteiger partial charge in [0.25, 0.3) is 0 Å². The summed E-state index contributed by atoms with van der Waals surface area (Å²) in [5.41, 5.74) is 1.14. The number of amides is 1. The van der Waals surface area contributed by atoms with Crippen LogP contribution in [0.2, 0.25) is 0 Å². The first-order valence-electron chi connectivity index (χ1n) is 11.1. The first-order valence-corrected chi connectivity index (χ1v) is 12.0. The number of fused-ring (bicyclic) bond motifs is 1. The summed E-state index contributed by atoms with van der Waals surface area (Å²) in [7, 11) is 0. The second kappa shape index (κ2) is 9.32. The summed E-state index contributed by atoms with van der Waals surface area (Å²) in [5.74, 6) is 0.735. The maximum absolute atomic E-state index is 13.1. The fourth-order valence-electron chi connectivity index (χ4n) is 4.23. The molecule has 0 saturated carbocycles. The Bertz CT molecular complexity index is 1280. The number of thiophene rings is 1. The number of benzene rings is 1. The second-order valence-corrected chi connectivity index (χ2v) is 9.09. The average Bonchev–Trinajstić information content (AvgIpc) is 3.58. The van der Waals surface area contributed by atoms with E-state index in [0.29, 0.717) is 35.9 Å². The number of nitrogens with zero attached hydrogens (tertiary/aromatic N) is 5. The van der Waals surface area contributed by atoms with Crippen molar-refractivity contribution in [2.45, 2.75) is 25.8 Å². The first kappa shape index (κ1) is 21.6. The van der Waals surface area contributed by atoms with Crippen molar-refractivity contribution in [1.82, 2.24) is 24.5 Å². The molecule has 1 fully saturated rings. The summed E-state index contributed by atoms with van der Waals surface area (Å²) in [6, 6.07) is 10.5. The van der Waals surface area contributed by atoms with Crippen LogP contribution in [0, 0.1) is 0 Å². The molecule has 4 aromatic rings. The molecule has 0 aliphatic carbocycles. The highest BCUT2D eigenvalue weighted by atomic mass is 32.1. The summed E-state index contributed by atoms with van der Waals surface area (Å²) < 4.78 is 12.1. The van der Waals surface area contributed by atoms with E-state index in [2.05, 4.69) is 15.0 Å². The smallest absolute Gasteiger partial charge is 0.408 e. The number of piperazine rings is 1. The molecule has 1 aliphatic heterocycles. The van der Waals surface area contributed by atoms with Crippen LogP contribution in [0.15, 0.2) is 55.5 Å². The number of hydrogen-bond donors (Lipinski definition) is 0. The van der Waals surface area contributed by atoms with Crippen LogP contribution in [0.1, 0.15) is 25.3 Å². The second-order valence-electron chi connectivity index (χ2n) is 8.14. The van der Waals surface area contributed by atoms with Crippen molar-refractivity contribution in [3.8, 4) is 10.7 Å². The Hall–Kier alpha value is -3.24. The standard InChI is InChI=1S/C23H25N5O4S/c1-16(28-17-6-2-3-7-18(17)31-23(28)30)22(29)27-13-11-26(12-14-27)10-4-9-20-24-21(25-32-20)19-8-5-15-33-19/h2-3,5-8,15-16H,4,9-14H2,1H3. The van der Waals surface area contributed by atoms with Crippen molar-refractivity contribution >= 4 is 28.3 Å². The van der Waals surface area contributed by atoms with Gasteiger partial charge in [-0.2, -0.15) is 4.98 Å². The molecule has 1 aromatic carbocycles. The van der Waals surface area contributed by atoms with E-state index >= 15 is 0 Å². The van der Waals surface area contributed by atoms with Crippen LogP contribution in [0.25, 0.3) is 21.8 Å². The van der Waals surface area contributed by atoms with Crippen molar-refractivity contribution in [1.29, 1.82) is 0 Å². The molecule has 1 saturated heterocycles. The Morgan fingerprint density at radius 3 is 2.76 bits per heavy atom. The lowest BCUT2D eigenvalue weighted by atomic mass is 10.2. The van der Waals surface area contributed by atoms with Crippen LogP contribution in [-0.4, -0.2) is 63.1 Å². The molecule has 5 rings (SSSR count). The van der Waals surface area contributed by atoms with Crippen molar-refractivity contribution < 1.29 is 13.7 Å². The van der Waals surface area contributed by atoms with Crippen molar-refractivity contribution in [2.24, 2.45) is 0 Å². The predicted octanol–water partition coefficient (Wildman–Crippen LogP) is 3.04. The van der Waals surface area contributed by atoms with Crippen LogP contribution in [0.5, 0.6) is 0 Å². The average molecular weight is 468 g/mol. The molecule has 4 heterocycles. The fourth-order valence-corrected chi connectivity index (χ4v) is 4.88. The number of aromatic nitrogens is 3. The molecule has 0 spiro atoms. The quantitative estimate of drug-likeness (QED) is 0.412. The maximum atomic E-state index is 13.1. The van der Waals surface area contributed by atoms with Gasteiger partial charge in [-0.05, 0) is 43.5 Å². The minimum Gasteiger partial charge on any atom is -0.408 e. The molecule has 33 heavy (non-hydrogen) atoms. The number of aryl methyl sites for hydroxylation is 1. The predicted molar refractivity (Wildman–Crippen MR) is 124 cm³/mol. The van der Waals surface area contributed by atoms with Crippen molar-refractivity contribution in [3.63, 3.8) is 0 Å². The highest BCUT2D eigenvalue weighted by Crippen LogP contribution is 2.22. The zero-order valence-corrected chi connectivity index (χ0v) is 19.2. The largest absolute Gasteiger partial charge is 0.420 e. The van der Waals surface area contributed by atoms with Gasteiger partial charge in [-0.1, -0.05) is 23.4 Å². The van der Waals surface area contributed by atoms with Gasteiger partial charge in [-0.3, -0.25) is 14.3 Å². The topological polar surface area (TPSA) is 97.6 Å². The van der Waals surface area contributed by atoms with Gasteiger partial charge in [0.2, 0.25) is 17.6 Å². The Labute approximate surface area is 194 Å². The normalized spacial score (nSPS) is 15.8. The van der Waals surface area contributed by atoms with Gasteiger partial charge >= 0.3 is 5.76 Å². The van der Waals surface area contributed by atoms with E-state index in [1.165, 1.54) is 4.57 Å². The molecule has 1 amide bonds. The SMILES string of the molecule is CC(C(=O)N1CCN(CCCc2nc(-c3cccs3)no2)CC1)n1c(=O)oc2ccccc21. The van der Waals surface area contributed by atoms with Gasteiger partial charge in [0.15, 0.2) is 5.58 Å². The van der Waals surface area contributed by atoms with Crippen molar-refractivity contribution in [3.05, 3.63) is 58.2 Å². The molecule has 1 unspecified atom stereocenters. The molecule has 1 aliphatic rings. The maximum Gasteiger partial charge on any atom is 0.420 e. The van der Waals surface area contributed by atoms with Gasteiger partial charge < -0.3 is 13.8 Å². The molecule has 0 N–H and O–H groups in total. The third-order valence-electron chi connectivity index (χ3n) is 6.02. The van der Waals surface area contributed by atoms with Crippen LogP contribution >= 0.6 is 11.3 Å². The highest BCUT2D eigenvalue weighted by molar-refractivity contribution is 7.13. The van der Waals surface area contributed by atoms with Gasteiger partial charge in [0, 0.05) is 32.6 Å². The van der Waals surface area contributed by atoms with Gasteiger partial charge in [0.05, 0.1) is 10.4 Å². The lowest BCUT2D eigenvalue weighted by Gasteiger charge is -2.36. The fraction of sp³-hybridized carbons (Fsp3) is 0.391. The summed E-state index contributed by atoms with van der Waals surface area (Å²) in [6.07, 6.45) is 1.64. The lowest BCUT2D eigenvalue weighted by molar-refractivity contribution is -0.136.